The second kappa shape index (κ2) is 7.69. The number of hydrogen-bond acceptors (Lipinski definition) is 6. The number of imidazole rings is 1. The highest BCUT2D eigenvalue weighted by Gasteiger charge is 2.42. The van der Waals surface area contributed by atoms with Crippen molar-refractivity contribution in [2.45, 2.75) is 65.3 Å². The lowest BCUT2D eigenvalue weighted by Crippen LogP contribution is -2.55. The topological polar surface area (TPSA) is 94.1 Å². The van der Waals surface area contributed by atoms with E-state index in [9.17, 15) is 9.90 Å². The normalized spacial score (nSPS) is 21.8. The molecule has 3 atom stereocenters. The van der Waals surface area contributed by atoms with E-state index in [1.165, 1.54) is 11.3 Å². The zero-order valence-corrected chi connectivity index (χ0v) is 17.4. The van der Waals surface area contributed by atoms with Crippen LogP contribution in [0.5, 0.6) is 0 Å². The maximum Gasteiger partial charge on any atom is 0.240 e. The zero-order chi connectivity index (χ0) is 19.8. The number of thiazole rings is 1. The van der Waals surface area contributed by atoms with Crippen LogP contribution in [0.3, 0.4) is 0 Å². The summed E-state index contributed by atoms with van der Waals surface area (Å²) in [6.45, 7) is 10.6. The van der Waals surface area contributed by atoms with Crippen LogP contribution in [0.2, 0.25) is 0 Å². The molecule has 0 unspecified atom stereocenters. The summed E-state index contributed by atoms with van der Waals surface area (Å²) in [5, 5.41) is 13.7. The third kappa shape index (κ3) is 4.39. The molecule has 7 nitrogen and oxygen atoms in total. The number of aliphatic hydroxyl groups is 1. The minimum atomic E-state index is -0.546. The number of aromatic amines is 1. The van der Waals surface area contributed by atoms with Crippen molar-refractivity contribution < 1.29 is 9.90 Å². The van der Waals surface area contributed by atoms with Crippen molar-refractivity contribution in [1.29, 1.82) is 0 Å². The van der Waals surface area contributed by atoms with Gasteiger partial charge in [-0.25, -0.2) is 4.98 Å². The fraction of sp³-hybridized carbons (Fsp3) is 0.632. The highest BCUT2D eigenvalue weighted by molar-refractivity contribution is 7.13. The highest BCUT2D eigenvalue weighted by Crippen LogP contribution is 2.34. The van der Waals surface area contributed by atoms with Gasteiger partial charge in [0.25, 0.3) is 0 Å². The van der Waals surface area contributed by atoms with Crippen molar-refractivity contribution in [3.05, 3.63) is 23.7 Å². The van der Waals surface area contributed by atoms with Crippen molar-refractivity contribution in [2.75, 3.05) is 6.54 Å². The van der Waals surface area contributed by atoms with Crippen LogP contribution in [0.15, 0.2) is 17.9 Å². The van der Waals surface area contributed by atoms with E-state index < -0.39 is 6.10 Å². The third-order valence-electron chi connectivity index (χ3n) is 4.77. The van der Waals surface area contributed by atoms with E-state index in [1.807, 2.05) is 20.0 Å². The molecule has 1 saturated heterocycles. The van der Waals surface area contributed by atoms with E-state index >= 15 is 0 Å². The van der Waals surface area contributed by atoms with Crippen LogP contribution in [0, 0.1) is 5.41 Å². The van der Waals surface area contributed by atoms with Crippen LogP contribution in [0.4, 0.5) is 0 Å². The SMILES string of the molecule is CC(C)N[C@H](C(=O)N1C[C@H](O)C[C@H]1c1nc(-c2cncs2)c[nH]1)C(C)(C)C. The number of H-pyrrole nitrogens is 1. The molecule has 1 aliphatic heterocycles. The average Bonchev–Trinajstić information content (AvgIpc) is 3.29. The van der Waals surface area contributed by atoms with Gasteiger partial charge in [0.15, 0.2) is 0 Å². The fourth-order valence-corrected chi connectivity index (χ4v) is 4.07. The van der Waals surface area contributed by atoms with Gasteiger partial charge in [-0.05, 0) is 5.41 Å². The lowest BCUT2D eigenvalue weighted by molar-refractivity contribution is -0.137. The predicted molar refractivity (Wildman–Crippen MR) is 106 cm³/mol. The lowest BCUT2D eigenvalue weighted by Gasteiger charge is -2.36. The number of nitrogens with zero attached hydrogens (tertiary/aromatic N) is 3. The number of rotatable bonds is 5. The molecule has 2 aromatic heterocycles. The van der Waals surface area contributed by atoms with Crippen LogP contribution in [0.1, 0.15) is 52.9 Å². The molecule has 0 radical (unpaired) electrons. The number of carbonyl (C=O) groups is 1. The summed E-state index contributed by atoms with van der Waals surface area (Å²) in [7, 11) is 0. The van der Waals surface area contributed by atoms with Gasteiger partial charge in [-0.15, -0.1) is 11.3 Å². The Morgan fingerprint density at radius 1 is 1.44 bits per heavy atom. The minimum Gasteiger partial charge on any atom is -0.391 e. The van der Waals surface area contributed by atoms with Gasteiger partial charge in [0.2, 0.25) is 5.91 Å². The summed E-state index contributed by atoms with van der Waals surface area (Å²) in [5.41, 5.74) is 2.34. The van der Waals surface area contributed by atoms with Crippen molar-refractivity contribution in [2.24, 2.45) is 5.41 Å². The molecule has 0 bridgehead atoms. The van der Waals surface area contributed by atoms with Gasteiger partial charge in [0, 0.05) is 31.4 Å². The number of carbonyl (C=O) groups excluding carboxylic acids is 1. The molecule has 3 N–H and O–H groups in total. The minimum absolute atomic E-state index is 0.00786. The number of aromatic nitrogens is 3. The predicted octanol–water partition coefficient (Wildman–Crippen LogP) is 2.58. The van der Waals surface area contributed by atoms with E-state index in [1.54, 1.807) is 16.6 Å². The molecule has 148 valence electrons. The lowest BCUT2D eigenvalue weighted by atomic mass is 9.85. The molecular weight excluding hydrogens is 362 g/mol. The Balaban J connectivity index is 1.86. The summed E-state index contributed by atoms with van der Waals surface area (Å²) in [6.07, 6.45) is 3.55. The molecule has 1 amide bonds. The highest BCUT2D eigenvalue weighted by atomic mass is 32.1. The van der Waals surface area contributed by atoms with Gasteiger partial charge in [-0.2, -0.15) is 0 Å². The smallest absolute Gasteiger partial charge is 0.240 e. The van der Waals surface area contributed by atoms with Crippen LogP contribution >= 0.6 is 11.3 Å². The second-order valence-corrected chi connectivity index (χ2v) is 9.44. The van der Waals surface area contributed by atoms with Gasteiger partial charge in [-0.3, -0.25) is 9.78 Å². The molecule has 27 heavy (non-hydrogen) atoms. The van der Waals surface area contributed by atoms with E-state index in [4.69, 9.17) is 0 Å². The molecule has 1 aliphatic rings. The Morgan fingerprint density at radius 3 is 2.78 bits per heavy atom. The van der Waals surface area contributed by atoms with Crippen LogP contribution in [-0.4, -0.2) is 55.6 Å². The summed E-state index contributed by atoms with van der Waals surface area (Å²) in [4.78, 5) is 28.1. The summed E-state index contributed by atoms with van der Waals surface area (Å²) >= 11 is 1.52. The Bertz CT molecular complexity index is 765. The molecule has 3 heterocycles. The number of aliphatic hydroxyl groups excluding tert-OH is 1. The molecule has 0 aliphatic carbocycles. The molecule has 2 aromatic rings. The number of hydrogen-bond donors (Lipinski definition) is 3. The van der Waals surface area contributed by atoms with Crippen molar-refractivity contribution in [1.82, 2.24) is 25.2 Å². The standard InChI is InChI=1S/C19H29N5O2S/c1-11(2)22-16(19(3,4)5)18(26)24-9-12(25)6-14(24)17-21-7-13(23-17)15-8-20-10-27-15/h7-8,10-12,14,16,22,25H,6,9H2,1-5H3,(H,21,23)/t12-,14+,16-/m1/s1. The zero-order valence-electron chi connectivity index (χ0n) is 16.6. The first-order valence-electron chi connectivity index (χ1n) is 9.35. The third-order valence-corrected chi connectivity index (χ3v) is 5.57. The van der Waals surface area contributed by atoms with Crippen molar-refractivity contribution >= 4 is 17.2 Å². The first kappa shape index (κ1) is 20.0. The number of β-amino-alcohol motifs (C(OH)–C–C–N with tert-alkyl or cyclic N) is 1. The van der Waals surface area contributed by atoms with Gasteiger partial charge >= 0.3 is 0 Å². The van der Waals surface area contributed by atoms with E-state index in [0.717, 1.165) is 10.6 Å². The number of nitrogens with one attached hydrogen (secondary N) is 2. The van der Waals surface area contributed by atoms with E-state index in [-0.39, 0.29) is 29.4 Å². The Kier molecular flexibility index (Phi) is 5.69. The summed E-state index contributed by atoms with van der Waals surface area (Å²) < 4.78 is 0. The van der Waals surface area contributed by atoms with Gasteiger partial charge < -0.3 is 20.3 Å². The molecule has 0 aromatic carbocycles. The second-order valence-electron chi connectivity index (χ2n) is 8.55. The molecule has 0 spiro atoms. The first-order valence-corrected chi connectivity index (χ1v) is 10.2. The van der Waals surface area contributed by atoms with Crippen LogP contribution in [0.25, 0.3) is 10.6 Å². The van der Waals surface area contributed by atoms with E-state index in [0.29, 0.717) is 18.8 Å². The van der Waals surface area contributed by atoms with Crippen molar-refractivity contribution in [3.63, 3.8) is 0 Å². The summed E-state index contributed by atoms with van der Waals surface area (Å²) in [6, 6.07) is -0.403. The summed E-state index contributed by atoms with van der Waals surface area (Å²) in [5.74, 6) is 0.717. The number of amides is 1. The molecule has 0 saturated carbocycles. The van der Waals surface area contributed by atoms with Gasteiger partial charge in [0.1, 0.15) is 5.82 Å². The van der Waals surface area contributed by atoms with Gasteiger partial charge in [-0.1, -0.05) is 34.6 Å². The fourth-order valence-electron chi connectivity index (χ4n) is 3.48. The van der Waals surface area contributed by atoms with Crippen LogP contribution < -0.4 is 5.32 Å². The molecule has 1 fully saturated rings. The quantitative estimate of drug-likeness (QED) is 0.728. The first-order chi connectivity index (χ1) is 12.7. The van der Waals surface area contributed by atoms with E-state index in [2.05, 4.69) is 41.0 Å². The Labute approximate surface area is 164 Å². The Morgan fingerprint density at radius 2 is 2.19 bits per heavy atom. The van der Waals surface area contributed by atoms with Crippen molar-refractivity contribution in [3.8, 4) is 10.6 Å². The maximum atomic E-state index is 13.4. The van der Waals surface area contributed by atoms with Crippen LogP contribution in [-0.2, 0) is 4.79 Å². The number of likely N-dealkylation sites (tertiary alicyclic amines) is 1. The largest absolute Gasteiger partial charge is 0.391 e. The molecular formula is C19H29N5O2S. The average molecular weight is 392 g/mol. The molecule has 8 heteroatoms. The Hall–Kier alpha value is -1.77. The molecule has 3 rings (SSSR count). The maximum absolute atomic E-state index is 13.4. The monoisotopic (exact) mass is 391 g/mol. The van der Waals surface area contributed by atoms with Gasteiger partial charge in [0.05, 0.1) is 34.3 Å².